The van der Waals surface area contributed by atoms with E-state index in [-0.39, 0.29) is 11.5 Å². The molecule has 0 unspecified atom stereocenters. The van der Waals surface area contributed by atoms with E-state index in [0.29, 0.717) is 0 Å². The van der Waals surface area contributed by atoms with Crippen LogP contribution in [0.2, 0.25) is 0 Å². The summed E-state index contributed by atoms with van der Waals surface area (Å²) in [5.74, 6) is 0.968. The van der Waals surface area contributed by atoms with Gasteiger partial charge in [-0.3, -0.25) is 0 Å². The van der Waals surface area contributed by atoms with Gasteiger partial charge in [0.25, 0.3) is 0 Å². The third-order valence-corrected chi connectivity index (χ3v) is 2.38. The molecule has 1 nitrogen and oxygen atoms in total. The third-order valence-electron chi connectivity index (χ3n) is 2.38. The minimum Gasteiger partial charge on any atom is -0.491 e. The molecule has 0 radical (unpaired) electrons. The van der Waals surface area contributed by atoms with Crippen molar-refractivity contribution in [1.82, 2.24) is 0 Å². The predicted octanol–water partition coefficient (Wildman–Crippen LogP) is 4.08. The van der Waals surface area contributed by atoms with Crippen LogP contribution in [-0.2, 0) is 5.41 Å². The molecular weight excluding hydrogens is 184 g/mol. The molecule has 0 aromatic heterocycles. The molecule has 0 aliphatic carbocycles. The number of hydrogen-bond acceptors (Lipinski definition) is 1. The first-order chi connectivity index (χ1) is 6.80. The molecule has 0 aliphatic rings. The van der Waals surface area contributed by atoms with Gasteiger partial charge in [-0.15, -0.1) is 0 Å². The van der Waals surface area contributed by atoms with Gasteiger partial charge in [-0.1, -0.05) is 26.8 Å². The summed E-state index contributed by atoms with van der Waals surface area (Å²) in [7, 11) is 0. The van der Waals surface area contributed by atoms with Crippen molar-refractivity contribution in [2.45, 2.75) is 53.1 Å². The summed E-state index contributed by atoms with van der Waals surface area (Å²) in [5, 5.41) is 0. The fourth-order valence-corrected chi connectivity index (χ4v) is 1.82. The van der Waals surface area contributed by atoms with Crippen LogP contribution in [0.25, 0.3) is 0 Å². The fraction of sp³-hybridized carbons (Fsp3) is 0.571. The summed E-state index contributed by atoms with van der Waals surface area (Å²) < 4.78 is 5.66. The van der Waals surface area contributed by atoms with E-state index in [1.807, 2.05) is 13.8 Å². The number of hydrogen-bond donors (Lipinski definition) is 0. The molecule has 0 spiro atoms. The smallest absolute Gasteiger partial charge is 0.119 e. The molecule has 1 heteroatoms. The first kappa shape index (κ1) is 12.1. The summed E-state index contributed by atoms with van der Waals surface area (Å²) in [6.45, 7) is 12.9. The Morgan fingerprint density at radius 3 is 2.13 bits per heavy atom. The lowest BCUT2D eigenvalue weighted by Gasteiger charge is -2.22. The van der Waals surface area contributed by atoms with Gasteiger partial charge >= 0.3 is 0 Å². The number of aryl methyl sites for hydroxylation is 1. The van der Waals surface area contributed by atoms with Crippen LogP contribution in [0, 0.1) is 6.92 Å². The Bertz CT molecular complexity index is 332. The molecular formula is C14H22O. The SMILES string of the molecule is Cc1cc(OC(C)C)ccc1C(C)(C)C. The van der Waals surface area contributed by atoms with Crippen molar-refractivity contribution >= 4 is 0 Å². The van der Waals surface area contributed by atoms with Gasteiger partial charge < -0.3 is 4.74 Å². The maximum atomic E-state index is 5.66. The molecule has 15 heavy (non-hydrogen) atoms. The van der Waals surface area contributed by atoms with Crippen LogP contribution < -0.4 is 4.74 Å². The standard InChI is InChI=1S/C14H22O/c1-10(2)15-12-7-8-13(11(3)9-12)14(4,5)6/h7-10H,1-6H3. The highest BCUT2D eigenvalue weighted by Gasteiger charge is 2.16. The largest absolute Gasteiger partial charge is 0.491 e. The Hall–Kier alpha value is -0.980. The van der Waals surface area contributed by atoms with Gasteiger partial charge in [0, 0.05) is 0 Å². The minimum atomic E-state index is 0.209. The predicted molar refractivity (Wildman–Crippen MR) is 65.6 cm³/mol. The molecule has 84 valence electrons. The lowest BCUT2D eigenvalue weighted by Crippen LogP contribution is -2.13. The fourth-order valence-electron chi connectivity index (χ4n) is 1.82. The van der Waals surface area contributed by atoms with Crippen molar-refractivity contribution in [3.05, 3.63) is 29.3 Å². The van der Waals surface area contributed by atoms with Crippen molar-refractivity contribution in [3.8, 4) is 5.75 Å². The van der Waals surface area contributed by atoms with E-state index in [2.05, 4.69) is 45.9 Å². The first-order valence-corrected chi connectivity index (χ1v) is 5.58. The topological polar surface area (TPSA) is 9.23 Å². The zero-order valence-electron chi connectivity index (χ0n) is 10.7. The zero-order chi connectivity index (χ0) is 11.6. The van der Waals surface area contributed by atoms with Crippen molar-refractivity contribution in [1.29, 1.82) is 0 Å². The van der Waals surface area contributed by atoms with E-state index >= 15 is 0 Å². The van der Waals surface area contributed by atoms with Crippen molar-refractivity contribution in [2.24, 2.45) is 0 Å². The lowest BCUT2D eigenvalue weighted by atomic mass is 9.84. The van der Waals surface area contributed by atoms with Gasteiger partial charge in [-0.2, -0.15) is 0 Å². The van der Waals surface area contributed by atoms with Crippen LogP contribution in [0.1, 0.15) is 45.7 Å². The van der Waals surface area contributed by atoms with Crippen LogP contribution in [-0.4, -0.2) is 6.10 Å². The van der Waals surface area contributed by atoms with Crippen LogP contribution in [0.4, 0.5) is 0 Å². The molecule has 0 atom stereocenters. The Morgan fingerprint density at radius 1 is 1.13 bits per heavy atom. The number of ether oxygens (including phenoxy) is 1. The molecule has 0 aliphatic heterocycles. The molecule has 0 N–H and O–H groups in total. The normalized spacial score (nSPS) is 11.9. The van der Waals surface area contributed by atoms with E-state index in [1.165, 1.54) is 11.1 Å². The van der Waals surface area contributed by atoms with E-state index in [4.69, 9.17) is 4.74 Å². The van der Waals surface area contributed by atoms with Crippen molar-refractivity contribution in [2.75, 3.05) is 0 Å². The Morgan fingerprint density at radius 2 is 1.73 bits per heavy atom. The van der Waals surface area contributed by atoms with E-state index in [0.717, 1.165) is 5.75 Å². The Labute approximate surface area is 93.5 Å². The maximum absolute atomic E-state index is 5.66. The van der Waals surface area contributed by atoms with Gasteiger partial charge in [0.1, 0.15) is 5.75 Å². The number of benzene rings is 1. The molecule has 0 amide bonds. The highest BCUT2D eigenvalue weighted by atomic mass is 16.5. The average molecular weight is 206 g/mol. The molecule has 1 aromatic carbocycles. The van der Waals surface area contributed by atoms with E-state index in [9.17, 15) is 0 Å². The third kappa shape index (κ3) is 3.26. The molecule has 1 rings (SSSR count). The second-order valence-corrected chi connectivity index (χ2v) is 5.39. The molecule has 0 heterocycles. The van der Waals surface area contributed by atoms with Gasteiger partial charge in [0.15, 0.2) is 0 Å². The van der Waals surface area contributed by atoms with Gasteiger partial charge in [-0.25, -0.2) is 0 Å². The monoisotopic (exact) mass is 206 g/mol. The Kier molecular flexibility index (Phi) is 3.43. The molecule has 0 bridgehead atoms. The quantitative estimate of drug-likeness (QED) is 0.708. The Balaban J connectivity index is 2.99. The van der Waals surface area contributed by atoms with Crippen molar-refractivity contribution < 1.29 is 4.74 Å². The summed E-state index contributed by atoms with van der Waals surface area (Å²) in [6, 6.07) is 6.36. The zero-order valence-corrected chi connectivity index (χ0v) is 10.7. The van der Waals surface area contributed by atoms with Crippen LogP contribution >= 0.6 is 0 Å². The highest BCUT2D eigenvalue weighted by molar-refractivity contribution is 5.38. The van der Waals surface area contributed by atoms with Crippen LogP contribution in [0.15, 0.2) is 18.2 Å². The van der Waals surface area contributed by atoms with Gasteiger partial charge in [0.05, 0.1) is 6.10 Å². The van der Waals surface area contributed by atoms with Gasteiger partial charge in [-0.05, 0) is 49.4 Å². The van der Waals surface area contributed by atoms with Crippen molar-refractivity contribution in [3.63, 3.8) is 0 Å². The molecule has 0 saturated carbocycles. The molecule has 0 fully saturated rings. The van der Waals surface area contributed by atoms with E-state index < -0.39 is 0 Å². The maximum Gasteiger partial charge on any atom is 0.119 e. The van der Waals surface area contributed by atoms with Crippen LogP contribution in [0.3, 0.4) is 0 Å². The average Bonchev–Trinajstić information content (AvgIpc) is 1.99. The van der Waals surface area contributed by atoms with E-state index in [1.54, 1.807) is 0 Å². The first-order valence-electron chi connectivity index (χ1n) is 5.58. The second kappa shape index (κ2) is 4.26. The molecule has 0 saturated heterocycles. The lowest BCUT2D eigenvalue weighted by molar-refractivity contribution is 0.242. The van der Waals surface area contributed by atoms with Gasteiger partial charge in [0.2, 0.25) is 0 Å². The summed E-state index contributed by atoms with van der Waals surface area (Å²) in [6.07, 6.45) is 0.241. The second-order valence-electron chi connectivity index (χ2n) is 5.39. The summed E-state index contributed by atoms with van der Waals surface area (Å²) >= 11 is 0. The minimum absolute atomic E-state index is 0.209. The molecule has 1 aromatic rings. The summed E-state index contributed by atoms with van der Waals surface area (Å²) in [4.78, 5) is 0. The summed E-state index contributed by atoms with van der Waals surface area (Å²) in [5.41, 5.74) is 2.90. The number of rotatable bonds is 2. The van der Waals surface area contributed by atoms with Crippen LogP contribution in [0.5, 0.6) is 5.75 Å². The highest BCUT2D eigenvalue weighted by Crippen LogP contribution is 2.28.